The third-order valence-electron chi connectivity index (χ3n) is 9.46. The lowest BCUT2D eigenvalue weighted by molar-refractivity contribution is 0.880. The van der Waals surface area contributed by atoms with E-state index in [4.69, 9.17) is 4.99 Å². The van der Waals surface area contributed by atoms with Crippen LogP contribution in [0.5, 0.6) is 0 Å². The number of hydrogen-bond donors (Lipinski definition) is 1. The van der Waals surface area contributed by atoms with E-state index in [1.807, 2.05) is 12.1 Å². The monoisotopic (exact) mass is 627 g/mol. The molecule has 1 unspecified atom stereocenters. The summed E-state index contributed by atoms with van der Waals surface area (Å²) < 4.78 is 2.36. The molecule has 9 rings (SSSR count). The summed E-state index contributed by atoms with van der Waals surface area (Å²) in [6, 6.07) is 64.6. The van der Waals surface area contributed by atoms with Gasteiger partial charge in [-0.05, 0) is 69.8 Å². The van der Waals surface area contributed by atoms with E-state index in [-0.39, 0.29) is 6.04 Å². The largest absolute Gasteiger partial charge is 0.340 e. The Morgan fingerprint density at radius 1 is 0.429 bits per heavy atom. The van der Waals surface area contributed by atoms with Gasteiger partial charge in [-0.2, -0.15) is 0 Å². The second-order valence-electron chi connectivity index (χ2n) is 12.5. The fourth-order valence-electron chi connectivity index (χ4n) is 6.99. The molecule has 0 saturated carbocycles. The average molecular weight is 628 g/mol. The van der Waals surface area contributed by atoms with Crippen LogP contribution in [-0.2, 0) is 0 Å². The summed E-state index contributed by atoms with van der Waals surface area (Å²) >= 11 is 0. The van der Waals surface area contributed by atoms with Gasteiger partial charge in [0.25, 0.3) is 0 Å². The number of amidine groups is 1. The predicted octanol–water partition coefficient (Wildman–Crippen LogP) is 11.2. The number of fused-ring (bicyclic) bond motifs is 3. The van der Waals surface area contributed by atoms with Gasteiger partial charge in [0.2, 0.25) is 0 Å². The van der Waals surface area contributed by atoms with Crippen molar-refractivity contribution in [2.75, 3.05) is 0 Å². The second-order valence-corrected chi connectivity index (χ2v) is 12.5. The molecule has 8 aromatic rings. The molecule has 1 aliphatic heterocycles. The van der Waals surface area contributed by atoms with Crippen molar-refractivity contribution in [1.82, 2.24) is 9.88 Å². The molecule has 2 heterocycles. The van der Waals surface area contributed by atoms with Crippen molar-refractivity contribution in [3.05, 3.63) is 205 Å². The van der Waals surface area contributed by atoms with Gasteiger partial charge in [0.15, 0.2) is 0 Å². The molecule has 1 atom stereocenters. The van der Waals surface area contributed by atoms with E-state index in [0.29, 0.717) is 0 Å². The first-order valence-electron chi connectivity index (χ1n) is 16.8. The van der Waals surface area contributed by atoms with E-state index in [1.54, 1.807) is 0 Å². The van der Waals surface area contributed by atoms with E-state index in [0.717, 1.165) is 33.9 Å². The summed E-state index contributed by atoms with van der Waals surface area (Å²) in [5.41, 5.74) is 12.8. The zero-order valence-corrected chi connectivity index (χ0v) is 26.9. The van der Waals surface area contributed by atoms with Gasteiger partial charge in [-0.1, -0.05) is 152 Å². The molecular weight excluding hydrogens is 595 g/mol. The Kier molecular flexibility index (Phi) is 7.21. The summed E-state index contributed by atoms with van der Waals surface area (Å²) in [4.78, 5) is 5.17. The Bertz CT molecular complexity index is 2430. The van der Waals surface area contributed by atoms with Crippen LogP contribution in [0.3, 0.4) is 0 Å². The smallest absolute Gasteiger partial charge is 0.133 e. The fraction of sp³-hybridized carbons (Fsp3) is 0.0217. The Morgan fingerprint density at radius 2 is 0.939 bits per heavy atom. The van der Waals surface area contributed by atoms with Crippen LogP contribution in [0.15, 0.2) is 193 Å². The number of aromatic nitrogens is 1. The van der Waals surface area contributed by atoms with Crippen LogP contribution in [0.25, 0.3) is 55.4 Å². The van der Waals surface area contributed by atoms with E-state index in [9.17, 15) is 0 Å². The zero-order valence-electron chi connectivity index (χ0n) is 26.9. The maximum absolute atomic E-state index is 5.17. The van der Waals surface area contributed by atoms with Gasteiger partial charge in [-0.3, -0.25) is 4.99 Å². The number of para-hydroxylation sites is 2. The first-order valence-corrected chi connectivity index (χ1v) is 16.8. The molecule has 1 aliphatic rings. The van der Waals surface area contributed by atoms with Crippen molar-refractivity contribution in [3.63, 3.8) is 0 Å². The highest BCUT2D eigenvalue weighted by atomic mass is 15.0. The molecule has 0 saturated heterocycles. The number of rotatable bonds is 6. The highest BCUT2D eigenvalue weighted by Crippen LogP contribution is 2.34. The highest BCUT2D eigenvalue weighted by Gasteiger charge is 2.19. The van der Waals surface area contributed by atoms with E-state index >= 15 is 0 Å². The van der Waals surface area contributed by atoms with Crippen LogP contribution < -0.4 is 5.32 Å². The summed E-state index contributed by atoms with van der Waals surface area (Å²) in [6.07, 6.45) is 2.21. The number of aliphatic imine (C=N–C) groups is 1. The fourth-order valence-corrected chi connectivity index (χ4v) is 6.99. The Balaban J connectivity index is 1.00. The Hall–Kier alpha value is -6.45. The summed E-state index contributed by atoms with van der Waals surface area (Å²) in [5.74, 6) is 0.872. The molecule has 1 N–H and O–H groups in total. The van der Waals surface area contributed by atoms with Crippen molar-refractivity contribution < 1.29 is 0 Å². The maximum Gasteiger partial charge on any atom is 0.133 e. The van der Waals surface area contributed by atoms with Crippen molar-refractivity contribution in [2.24, 2.45) is 4.99 Å². The molecule has 232 valence electrons. The highest BCUT2D eigenvalue weighted by molar-refractivity contribution is 6.09. The molecule has 0 bridgehead atoms. The van der Waals surface area contributed by atoms with Gasteiger partial charge < -0.3 is 9.88 Å². The zero-order chi connectivity index (χ0) is 32.6. The lowest BCUT2D eigenvalue weighted by Gasteiger charge is -2.23. The minimum Gasteiger partial charge on any atom is -0.340 e. The lowest BCUT2D eigenvalue weighted by Crippen LogP contribution is -2.27. The van der Waals surface area contributed by atoms with Crippen LogP contribution in [0.1, 0.15) is 22.7 Å². The number of nitrogens with one attached hydrogen (secondary N) is 1. The molecule has 7 aromatic carbocycles. The molecule has 0 amide bonds. The third-order valence-corrected chi connectivity index (χ3v) is 9.46. The molecule has 3 heteroatoms. The van der Waals surface area contributed by atoms with Gasteiger partial charge >= 0.3 is 0 Å². The van der Waals surface area contributed by atoms with Gasteiger partial charge in [0.05, 0.1) is 17.1 Å². The Morgan fingerprint density at radius 3 is 1.59 bits per heavy atom. The molecule has 0 radical (unpaired) electrons. The SMILES string of the molecule is C1=C(c2ccccc2)NC(c2cccc(-c3ccc(-c4ccc(-n5c6ccccc6c6ccccc65)cc4)cc3)c2)=NC1c1ccccc1. The first-order chi connectivity index (χ1) is 24.3. The molecule has 3 nitrogen and oxygen atoms in total. The first kappa shape index (κ1) is 28.7. The van der Waals surface area contributed by atoms with Crippen molar-refractivity contribution in [1.29, 1.82) is 0 Å². The van der Waals surface area contributed by atoms with E-state index in [1.165, 1.54) is 44.1 Å². The number of benzene rings is 7. The average Bonchev–Trinajstić information content (AvgIpc) is 3.53. The molecule has 0 fully saturated rings. The van der Waals surface area contributed by atoms with Crippen LogP contribution >= 0.6 is 0 Å². The predicted molar refractivity (Wildman–Crippen MR) is 205 cm³/mol. The third kappa shape index (κ3) is 5.42. The number of hydrogen-bond acceptors (Lipinski definition) is 2. The van der Waals surface area contributed by atoms with Crippen LogP contribution in [0.4, 0.5) is 0 Å². The maximum atomic E-state index is 5.17. The molecular formula is C46H33N3. The summed E-state index contributed by atoms with van der Waals surface area (Å²) in [6.45, 7) is 0. The van der Waals surface area contributed by atoms with Gasteiger partial charge in [-0.15, -0.1) is 0 Å². The van der Waals surface area contributed by atoms with Gasteiger partial charge in [0, 0.05) is 27.7 Å². The summed E-state index contributed by atoms with van der Waals surface area (Å²) in [5, 5.41) is 6.19. The molecule has 0 aliphatic carbocycles. The normalized spacial score (nSPS) is 14.3. The lowest BCUT2D eigenvalue weighted by atomic mass is 9.97. The minimum atomic E-state index is -0.0723. The topological polar surface area (TPSA) is 29.3 Å². The summed E-state index contributed by atoms with van der Waals surface area (Å²) in [7, 11) is 0. The van der Waals surface area contributed by atoms with Crippen LogP contribution in [0, 0.1) is 0 Å². The van der Waals surface area contributed by atoms with Gasteiger partial charge in [0.1, 0.15) is 5.84 Å². The van der Waals surface area contributed by atoms with E-state index in [2.05, 4.69) is 186 Å². The molecule has 1 aromatic heterocycles. The second kappa shape index (κ2) is 12.3. The van der Waals surface area contributed by atoms with Gasteiger partial charge in [-0.25, -0.2) is 0 Å². The van der Waals surface area contributed by atoms with Crippen LogP contribution in [0.2, 0.25) is 0 Å². The minimum absolute atomic E-state index is 0.0723. The van der Waals surface area contributed by atoms with Crippen molar-refractivity contribution >= 4 is 33.3 Å². The van der Waals surface area contributed by atoms with E-state index < -0.39 is 0 Å². The standard InChI is InChI=1S/C46H33N3/c1-3-12-35(13-4-1)42-31-43(36-14-5-2-6-15-36)48-46(47-42)38-17-11-16-37(30-38)34-24-22-32(23-25-34)33-26-28-39(29-27-33)49-44-20-9-7-18-40(44)41-19-8-10-21-45(41)49/h1-31,42H,(H,47,48). The van der Waals surface area contributed by atoms with Crippen molar-refractivity contribution in [2.45, 2.75) is 6.04 Å². The molecule has 49 heavy (non-hydrogen) atoms. The van der Waals surface area contributed by atoms with Crippen LogP contribution in [-0.4, -0.2) is 10.4 Å². The van der Waals surface area contributed by atoms with Crippen molar-refractivity contribution in [3.8, 4) is 27.9 Å². The molecule has 0 spiro atoms. The quantitative estimate of drug-likeness (QED) is 0.195. The Labute approximate surface area is 286 Å². The number of nitrogens with zero attached hydrogens (tertiary/aromatic N) is 2.